The standard InChI is InChI=1S/C20H20Cl2N2O3/c21-15-8-9-18(17(22)11-15)27-13-19(25)24-10-4-5-14(12-24)20(26)23-16-6-2-1-3-7-16/h1-3,6-9,11,14H,4-5,10,12-13H2,(H,23,26)/t14-/m1/s1. The lowest BCUT2D eigenvalue weighted by Crippen LogP contribution is -2.45. The quantitative estimate of drug-likeness (QED) is 0.806. The van der Waals surface area contributed by atoms with E-state index in [0.29, 0.717) is 28.9 Å². The van der Waals surface area contributed by atoms with Gasteiger partial charge in [0, 0.05) is 23.8 Å². The second-order valence-corrected chi connectivity index (χ2v) is 7.24. The number of hydrogen-bond donors (Lipinski definition) is 1. The molecule has 2 aromatic carbocycles. The molecule has 0 saturated carbocycles. The van der Waals surface area contributed by atoms with Crippen molar-refractivity contribution in [2.24, 2.45) is 5.92 Å². The third-order valence-corrected chi connectivity index (χ3v) is 4.96. The molecular weight excluding hydrogens is 387 g/mol. The normalized spacial score (nSPS) is 16.7. The van der Waals surface area contributed by atoms with Crippen LogP contribution in [0.1, 0.15) is 12.8 Å². The van der Waals surface area contributed by atoms with Crippen LogP contribution >= 0.6 is 23.2 Å². The van der Waals surface area contributed by atoms with E-state index in [1.165, 1.54) is 0 Å². The average molecular weight is 407 g/mol. The fourth-order valence-corrected chi connectivity index (χ4v) is 3.47. The Balaban J connectivity index is 1.53. The number of halogens is 2. The van der Waals surface area contributed by atoms with Crippen molar-refractivity contribution in [3.63, 3.8) is 0 Å². The molecule has 1 atom stereocenters. The summed E-state index contributed by atoms with van der Waals surface area (Å²) in [4.78, 5) is 26.6. The van der Waals surface area contributed by atoms with Gasteiger partial charge in [-0.2, -0.15) is 0 Å². The number of likely N-dealkylation sites (tertiary alicyclic amines) is 1. The molecule has 1 aliphatic rings. The Labute approximate surface area is 168 Å². The van der Waals surface area contributed by atoms with Crippen molar-refractivity contribution < 1.29 is 14.3 Å². The summed E-state index contributed by atoms with van der Waals surface area (Å²) in [6, 6.07) is 14.2. The molecule has 1 heterocycles. The summed E-state index contributed by atoms with van der Waals surface area (Å²) in [5.41, 5.74) is 0.756. The summed E-state index contributed by atoms with van der Waals surface area (Å²) in [6.45, 7) is 0.870. The number of hydrogen-bond acceptors (Lipinski definition) is 3. The molecule has 0 aromatic heterocycles. The molecule has 142 valence electrons. The molecule has 1 saturated heterocycles. The number of carbonyl (C=O) groups is 2. The zero-order valence-electron chi connectivity index (χ0n) is 14.7. The van der Waals surface area contributed by atoms with E-state index < -0.39 is 0 Å². The van der Waals surface area contributed by atoms with Crippen LogP contribution in [0.15, 0.2) is 48.5 Å². The maximum absolute atomic E-state index is 12.5. The van der Waals surface area contributed by atoms with Crippen molar-refractivity contribution in [1.29, 1.82) is 0 Å². The number of nitrogens with zero attached hydrogens (tertiary/aromatic N) is 1. The summed E-state index contributed by atoms with van der Waals surface area (Å²) in [5, 5.41) is 3.76. The first kappa shape index (κ1) is 19.5. The summed E-state index contributed by atoms with van der Waals surface area (Å²) in [7, 11) is 0. The predicted octanol–water partition coefficient (Wildman–Crippen LogP) is 4.25. The third kappa shape index (κ3) is 5.37. The van der Waals surface area contributed by atoms with E-state index in [4.69, 9.17) is 27.9 Å². The van der Waals surface area contributed by atoms with E-state index in [9.17, 15) is 9.59 Å². The van der Waals surface area contributed by atoms with E-state index >= 15 is 0 Å². The van der Waals surface area contributed by atoms with Crippen LogP contribution in [0.2, 0.25) is 10.0 Å². The van der Waals surface area contributed by atoms with Crippen molar-refractivity contribution in [2.75, 3.05) is 25.0 Å². The first-order valence-electron chi connectivity index (χ1n) is 8.74. The number of carbonyl (C=O) groups excluding carboxylic acids is 2. The van der Waals surface area contributed by atoms with Gasteiger partial charge in [0.15, 0.2) is 6.61 Å². The van der Waals surface area contributed by atoms with Crippen LogP contribution in [0.4, 0.5) is 5.69 Å². The largest absolute Gasteiger partial charge is 0.482 e. The van der Waals surface area contributed by atoms with Gasteiger partial charge in [0.1, 0.15) is 5.75 Å². The molecule has 7 heteroatoms. The van der Waals surface area contributed by atoms with E-state index in [0.717, 1.165) is 18.5 Å². The van der Waals surface area contributed by atoms with Gasteiger partial charge in [-0.25, -0.2) is 0 Å². The van der Waals surface area contributed by atoms with Crippen LogP contribution in [-0.4, -0.2) is 36.4 Å². The maximum Gasteiger partial charge on any atom is 0.260 e. The summed E-state index contributed by atoms with van der Waals surface area (Å²) < 4.78 is 5.52. The van der Waals surface area contributed by atoms with Gasteiger partial charge in [-0.1, -0.05) is 41.4 Å². The van der Waals surface area contributed by atoms with Crippen molar-refractivity contribution >= 4 is 40.7 Å². The lowest BCUT2D eigenvalue weighted by molar-refractivity contribution is -0.136. The van der Waals surface area contributed by atoms with Crippen LogP contribution in [0.5, 0.6) is 5.75 Å². The fraction of sp³-hybridized carbons (Fsp3) is 0.300. The molecule has 0 spiro atoms. The fourth-order valence-electron chi connectivity index (χ4n) is 3.01. The molecule has 1 N–H and O–H groups in total. The van der Waals surface area contributed by atoms with E-state index in [-0.39, 0.29) is 24.3 Å². The minimum Gasteiger partial charge on any atom is -0.482 e. The lowest BCUT2D eigenvalue weighted by Gasteiger charge is -2.32. The van der Waals surface area contributed by atoms with Crippen molar-refractivity contribution in [3.05, 3.63) is 58.6 Å². The molecule has 1 aliphatic heterocycles. The minimum absolute atomic E-state index is 0.0691. The van der Waals surface area contributed by atoms with Crippen molar-refractivity contribution in [1.82, 2.24) is 4.90 Å². The second-order valence-electron chi connectivity index (χ2n) is 6.40. The van der Waals surface area contributed by atoms with Crippen LogP contribution in [0, 0.1) is 5.92 Å². The van der Waals surface area contributed by atoms with E-state index in [1.807, 2.05) is 30.3 Å². The highest BCUT2D eigenvalue weighted by Gasteiger charge is 2.28. The topological polar surface area (TPSA) is 58.6 Å². The Morgan fingerprint density at radius 2 is 1.93 bits per heavy atom. The van der Waals surface area contributed by atoms with Gasteiger partial charge in [-0.3, -0.25) is 9.59 Å². The molecule has 27 heavy (non-hydrogen) atoms. The molecule has 0 aliphatic carbocycles. The van der Waals surface area contributed by atoms with Crippen LogP contribution in [-0.2, 0) is 9.59 Å². The number of ether oxygens (including phenoxy) is 1. The van der Waals surface area contributed by atoms with Gasteiger partial charge in [-0.05, 0) is 43.2 Å². The van der Waals surface area contributed by atoms with E-state index in [1.54, 1.807) is 23.1 Å². The molecule has 0 bridgehead atoms. The minimum atomic E-state index is -0.234. The highest BCUT2D eigenvalue weighted by Crippen LogP contribution is 2.27. The zero-order chi connectivity index (χ0) is 19.2. The van der Waals surface area contributed by atoms with Crippen LogP contribution < -0.4 is 10.1 Å². The first-order valence-corrected chi connectivity index (χ1v) is 9.50. The number of para-hydroxylation sites is 1. The Kier molecular flexibility index (Phi) is 6.58. The van der Waals surface area contributed by atoms with Crippen LogP contribution in [0.3, 0.4) is 0 Å². The summed E-state index contributed by atoms with van der Waals surface area (Å²) in [5.74, 6) is -0.0644. The Morgan fingerprint density at radius 3 is 2.67 bits per heavy atom. The maximum atomic E-state index is 12.5. The predicted molar refractivity (Wildman–Crippen MR) is 106 cm³/mol. The van der Waals surface area contributed by atoms with Gasteiger partial charge >= 0.3 is 0 Å². The number of benzene rings is 2. The molecule has 3 rings (SSSR count). The number of amides is 2. The number of piperidine rings is 1. The molecule has 2 aromatic rings. The lowest BCUT2D eigenvalue weighted by atomic mass is 9.97. The highest BCUT2D eigenvalue weighted by atomic mass is 35.5. The Morgan fingerprint density at radius 1 is 1.15 bits per heavy atom. The smallest absolute Gasteiger partial charge is 0.260 e. The molecule has 0 radical (unpaired) electrons. The third-order valence-electron chi connectivity index (χ3n) is 4.43. The van der Waals surface area contributed by atoms with Crippen molar-refractivity contribution in [3.8, 4) is 5.75 Å². The van der Waals surface area contributed by atoms with Gasteiger partial charge < -0.3 is 15.0 Å². The Bertz CT molecular complexity index is 814. The molecule has 2 amide bonds. The molecule has 5 nitrogen and oxygen atoms in total. The molecule has 0 unspecified atom stereocenters. The number of anilines is 1. The van der Waals surface area contributed by atoms with Crippen molar-refractivity contribution in [2.45, 2.75) is 12.8 Å². The molecule has 1 fully saturated rings. The summed E-state index contributed by atoms with van der Waals surface area (Å²) in [6.07, 6.45) is 1.53. The van der Waals surface area contributed by atoms with Gasteiger partial charge in [-0.15, -0.1) is 0 Å². The number of rotatable bonds is 5. The monoisotopic (exact) mass is 406 g/mol. The Hall–Kier alpha value is -2.24. The van der Waals surface area contributed by atoms with E-state index in [2.05, 4.69) is 5.32 Å². The van der Waals surface area contributed by atoms with Gasteiger partial charge in [0.2, 0.25) is 5.91 Å². The van der Waals surface area contributed by atoms with Gasteiger partial charge in [0.25, 0.3) is 5.91 Å². The average Bonchev–Trinajstić information content (AvgIpc) is 2.68. The zero-order valence-corrected chi connectivity index (χ0v) is 16.2. The number of nitrogens with one attached hydrogen (secondary N) is 1. The van der Waals surface area contributed by atoms with Gasteiger partial charge in [0.05, 0.1) is 10.9 Å². The highest BCUT2D eigenvalue weighted by molar-refractivity contribution is 6.35. The second kappa shape index (κ2) is 9.11. The van der Waals surface area contributed by atoms with Crippen LogP contribution in [0.25, 0.3) is 0 Å². The summed E-state index contributed by atoms with van der Waals surface area (Å²) >= 11 is 11.9. The first-order chi connectivity index (χ1) is 13.0. The SMILES string of the molecule is O=C(Nc1ccccc1)[C@@H]1CCCN(C(=O)COc2ccc(Cl)cc2Cl)C1. The molecular formula is C20H20Cl2N2O3.